The molecule has 0 saturated carbocycles. The molecule has 153 valence electrons. The molecule has 0 fully saturated rings. The van der Waals surface area contributed by atoms with Crippen LogP contribution in [0.2, 0.25) is 0 Å². The van der Waals surface area contributed by atoms with Gasteiger partial charge in [-0.2, -0.15) is 18.3 Å². The molecule has 2 aromatic heterocycles. The fourth-order valence-corrected chi connectivity index (χ4v) is 3.14. The van der Waals surface area contributed by atoms with Crippen molar-refractivity contribution >= 4 is 22.5 Å². The number of fused-ring (bicyclic) bond motifs is 1. The largest absolute Gasteiger partial charge is 0.417 e. The summed E-state index contributed by atoms with van der Waals surface area (Å²) in [4.78, 5) is 4.42. The zero-order valence-electron chi connectivity index (χ0n) is 16.0. The van der Waals surface area contributed by atoms with E-state index in [4.69, 9.17) is 0 Å². The molecule has 2 aromatic carbocycles. The maximum atomic E-state index is 13.6. The summed E-state index contributed by atoms with van der Waals surface area (Å²) >= 11 is 0. The van der Waals surface area contributed by atoms with Crippen LogP contribution in [0.4, 0.5) is 29.2 Å². The number of halogens is 4. The Morgan fingerprint density at radius 3 is 2.43 bits per heavy atom. The van der Waals surface area contributed by atoms with E-state index in [0.29, 0.717) is 22.5 Å². The maximum Gasteiger partial charge on any atom is 0.417 e. The van der Waals surface area contributed by atoms with Gasteiger partial charge in [-0.25, -0.2) is 9.37 Å². The van der Waals surface area contributed by atoms with Gasteiger partial charge in [0.25, 0.3) is 0 Å². The molecule has 0 aliphatic rings. The van der Waals surface area contributed by atoms with E-state index in [1.807, 2.05) is 0 Å². The van der Waals surface area contributed by atoms with Crippen molar-refractivity contribution in [2.75, 3.05) is 5.32 Å². The van der Waals surface area contributed by atoms with Crippen molar-refractivity contribution in [3.05, 3.63) is 71.0 Å². The second-order valence-electron chi connectivity index (χ2n) is 6.73. The summed E-state index contributed by atoms with van der Waals surface area (Å²) in [5.74, 6) is 0.279. The summed E-state index contributed by atoms with van der Waals surface area (Å²) in [7, 11) is 0. The number of aromatic nitrogens is 3. The standard InChI is InChI=1S/C21H16F4N4.V/c1-11-9-18(14-5-3-4-6-16(14)21(23,24)25)26-19(12(11)2)27-20-15-10-13(22)7-8-17(15)28-29-20;/h3-10H,1-2H3,(H2,26,27,28,29);. The first-order valence-corrected chi connectivity index (χ1v) is 8.79. The average molecular weight is 451 g/mol. The van der Waals surface area contributed by atoms with E-state index in [1.54, 1.807) is 32.0 Å². The van der Waals surface area contributed by atoms with E-state index >= 15 is 0 Å². The molecule has 0 saturated heterocycles. The van der Waals surface area contributed by atoms with Crippen molar-refractivity contribution in [2.24, 2.45) is 0 Å². The molecular weight excluding hydrogens is 435 g/mol. The molecule has 0 aliphatic heterocycles. The van der Waals surface area contributed by atoms with E-state index in [1.165, 1.54) is 24.3 Å². The normalized spacial score (nSPS) is 11.4. The molecule has 0 aliphatic carbocycles. The van der Waals surface area contributed by atoms with Crippen LogP contribution in [0, 0.1) is 19.7 Å². The van der Waals surface area contributed by atoms with Crippen LogP contribution in [0.25, 0.3) is 22.2 Å². The van der Waals surface area contributed by atoms with E-state index in [0.717, 1.165) is 17.2 Å². The Hall–Kier alpha value is -2.84. The molecule has 2 heterocycles. The minimum absolute atomic E-state index is 0. The van der Waals surface area contributed by atoms with Crippen LogP contribution >= 0.6 is 0 Å². The zero-order valence-corrected chi connectivity index (χ0v) is 17.4. The van der Waals surface area contributed by atoms with Gasteiger partial charge in [0, 0.05) is 29.5 Å². The van der Waals surface area contributed by atoms with Crippen LogP contribution in [-0.2, 0) is 24.7 Å². The quantitative estimate of drug-likeness (QED) is 0.368. The fraction of sp³-hybridized carbons (Fsp3) is 0.143. The topological polar surface area (TPSA) is 53.6 Å². The van der Waals surface area contributed by atoms with Crippen LogP contribution in [-0.4, -0.2) is 15.2 Å². The van der Waals surface area contributed by atoms with Gasteiger partial charge in [0.1, 0.15) is 11.6 Å². The van der Waals surface area contributed by atoms with Crippen molar-refractivity contribution in [2.45, 2.75) is 20.0 Å². The van der Waals surface area contributed by atoms with E-state index < -0.39 is 17.6 Å². The minimum atomic E-state index is -4.50. The van der Waals surface area contributed by atoms with Crippen molar-refractivity contribution in [1.29, 1.82) is 0 Å². The van der Waals surface area contributed by atoms with Crippen LogP contribution < -0.4 is 5.32 Å². The number of hydrogen-bond donors (Lipinski definition) is 2. The summed E-state index contributed by atoms with van der Waals surface area (Å²) in [5.41, 5.74) is 1.57. The Labute approximate surface area is 181 Å². The van der Waals surface area contributed by atoms with E-state index in [9.17, 15) is 17.6 Å². The number of aryl methyl sites for hydroxylation is 1. The van der Waals surface area contributed by atoms with Crippen molar-refractivity contribution in [3.8, 4) is 11.3 Å². The van der Waals surface area contributed by atoms with Gasteiger partial charge in [-0.15, -0.1) is 0 Å². The van der Waals surface area contributed by atoms with Gasteiger partial charge in [-0.3, -0.25) is 5.10 Å². The number of H-pyrrole nitrogens is 1. The summed E-state index contributed by atoms with van der Waals surface area (Å²) in [6, 6.07) is 11.1. The number of nitrogens with zero attached hydrogens (tertiary/aromatic N) is 2. The van der Waals surface area contributed by atoms with Gasteiger partial charge in [-0.05, 0) is 55.3 Å². The third kappa shape index (κ3) is 4.06. The minimum Gasteiger partial charge on any atom is -0.323 e. The number of hydrogen-bond acceptors (Lipinski definition) is 3. The molecule has 4 nitrogen and oxygen atoms in total. The molecule has 4 aromatic rings. The van der Waals surface area contributed by atoms with Crippen LogP contribution in [0.3, 0.4) is 0 Å². The number of nitrogens with one attached hydrogen (secondary N) is 2. The Balaban J connectivity index is 0.00000256. The summed E-state index contributed by atoms with van der Waals surface area (Å²) in [5, 5.41) is 10.5. The molecule has 0 spiro atoms. The van der Waals surface area contributed by atoms with Gasteiger partial charge >= 0.3 is 6.18 Å². The van der Waals surface area contributed by atoms with E-state index in [-0.39, 0.29) is 29.8 Å². The van der Waals surface area contributed by atoms with Crippen LogP contribution in [0.15, 0.2) is 48.5 Å². The molecule has 9 heteroatoms. The van der Waals surface area contributed by atoms with E-state index in [2.05, 4.69) is 20.5 Å². The Bertz CT molecular complexity index is 1220. The van der Waals surface area contributed by atoms with Gasteiger partial charge in [0.15, 0.2) is 5.82 Å². The molecule has 1 radical (unpaired) electrons. The molecule has 0 bridgehead atoms. The SMILES string of the molecule is Cc1cc(-c2ccccc2C(F)(F)F)nc(Nc2n[nH]c3ccc(F)cc23)c1C.[V]. The van der Waals surface area contributed by atoms with Crippen LogP contribution in [0.5, 0.6) is 0 Å². The molecule has 30 heavy (non-hydrogen) atoms. The van der Waals surface area contributed by atoms with Gasteiger partial charge in [0.2, 0.25) is 0 Å². The van der Waals surface area contributed by atoms with Crippen molar-refractivity contribution in [3.63, 3.8) is 0 Å². The zero-order chi connectivity index (χ0) is 20.8. The monoisotopic (exact) mass is 451 g/mol. The predicted molar refractivity (Wildman–Crippen MR) is 103 cm³/mol. The first kappa shape index (κ1) is 21.9. The number of rotatable bonds is 3. The number of benzene rings is 2. The molecule has 4 rings (SSSR count). The van der Waals surface area contributed by atoms with Gasteiger partial charge in [0.05, 0.1) is 16.8 Å². The fourth-order valence-electron chi connectivity index (χ4n) is 3.14. The van der Waals surface area contributed by atoms with Gasteiger partial charge in [-0.1, -0.05) is 18.2 Å². The Morgan fingerprint density at radius 2 is 1.70 bits per heavy atom. The first-order chi connectivity index (χ1) is 13.7. The summed E-state index contributed by atoms with van der Waals surface area (Å²) in [6.45, 7) is 3.60. The molecule has 0 unspecified atom stereocenters. The smallest absolute Gasteiger partial charge is 0.323 e. The second-order valence-corrected chi connectivity index (χ2v) is 6.73. The molecule has 0 amide bonds. The van der Waals surface area contributed by atoms with Gasteiger partial charge < -0.3 is 5.32 Å². The number of aromatic amines is 1. The number of pyridine rings is 1. The third-order valence-electron chi connectivity index (χ3n) is 4.80. The first-order valence-electron chi connectivity index (χ1n) is 8.79. The number of anilines is 2. The van der Waals surface area contributed by atoms with Crippen molar-refractivity contribution < 1.29 is 36.1 Å². The average Bonchev–Trinajstić information content (AvgIpc) is 3.06. The Kier molecular flexibility index (Phi) is 5.92. The summed E-state index contributed by atoms with van der Waals surface area (Å²) in [6.07, 6.45) is -4.50. The molecular formula is C21H16F4N4V. The third-order valence-corrected chi connectivity index (χ3v) is 4.80. The molecule has 0 atom stereocenters. The second kappa shape index (κ2) is 8.12. The van der Waals surface area contributed by atoms with Crippen LogP contribution in [0.1, 0.15) is 16.7 Å². The molecule has 2 N–H and O–H groups in total. The number of alkyl halides is 3. The summed E-state index contributed by atoms with van der Waals surface area (Å²) < 4.78 is 53.9. The Morgan fingerprint density at radius 1 is 0.967 bits per heavy atom. The predicted octanol–water partition coefficient (Wildman–Crippen LogP) is 6.14. The van der Waals surface area contributed by atoms with Crippen molar-refractivity contribution in [1.82, 2.24) is 15.2 Å². The maximum absolute atomic E-state index is 13.6.